The van der Waals surface area contributed by atoms with E-state index in [1.54, 1.807) is 0 Å². The molecule has 0 aliphatic carbocycles. The second-order valence-electron chi connectivity index (χ2n) is 6.12. The van der Waals surface area contributed by atoms with E-state index in [-0.39, 0.29) is 12.0 Å². The molecule has 0 bridgehead atoms. The van der Waals surface area contributed by atoms with Crippen molar-refractivity contribution in [3.63, 3.8) is 0 Å². The van der Waals surface area contributed by atoms with Gasteiger partial charge in [-0.3, -0.25) is 9.69 Å². The van der Waals surface area contributed by atoms with Crippen molar-refractivity contribution >= 4 is 5.97 Å². The first-order valence-corrected chi connectivity index (χ1v) is 7.17. The highest BCUT2D eigenvalue weighted by molar-refractivity contribution is 5.76. The molecule has 6 nitrogen and oxygen atoms in total. The summed E-state index contributed by atoms with van der Waals surface area (Å²) < 4.78 is 10.6. The monoisotopic (exact) mass is 281 g/mol. The van der Waals surface area contributed by atoms with Crippen LogP contribution in [0.2, 0.25) is 0 Å². The molecule has 1 aliphatic heterocycles. The second kappa shape index (κ2) is 5.91. The van der Waals surface area contributed by atoms with Crippen LogP contribution in [0.25, 0.3) is 0 Å². The highest BCUT2D eigenvalue weighted by atomic mass is 16.6. The zero-order valence-electron chi connectivity index (χ0n) is 12.7. The van der Waals surface area contributed by atoms with Gasteiger partial charge >= 0.3 is 5.97 Å². The Morgan fingerprint density at radius 3 is 2.85 bits per heavy atom. The minimum Gasteiger partial charge on any atom is -0.459 e. The average molecular weight is 281 g/mol. The molecule has 0 aromatic carbocycles. The van der Waals surface area contributed by atoms with E-state index in [4.69, 9.17) is 9.26 Å². The van der Waals surface area contributed by atoms with Gasteiger partial charge in [-0.25, -0.2) is 0 Å². The summed E-state index contributed by atoms with van der Waals surface area (Å²) in [5.41, 5.74) is -0.452. The van der Waals surface area contributed by atoms with E-state index in [1.165, 1.54) is 0 Å². The van der Waals surface area contributed by atoms with E-state index in [0.717, 1.165) is 25.8 Å². The van der Waals surface area contributed by atoms with Crippen LogP contribution in [-0.2, 0) is 22.5 Å². The van der Waals surface area contributed by atoms with E-state index < -0.39 is 5.60 Å². The first kappa shape index (κ1) is 15.0. The number of aryl methyl sites for hydroxylation is 1. The maximum atomic E-state index is 12.2. The number of likely N-dealkylation sites (tertiary alicyclic amines) is 1. The number of ether oxygens (including phenoxy) is 1. The van der Waals surface area contributed by atoms with Gasteiger partial charge in [0.2, 0.25) is 5.89 Å². The van der Waals surface area contributed by atoms with Crippen LogP contribution in [-0.4, -0.2) is 39.2 Å². The number of hydrogen-bond acceptors (Lipinski definition) is 6. The summed E-state index contributed by atoms with van der Waals surface area (Å²) >= 11 is 0. The third-order valence-corrected chi connectivity index (χ3v) is 3.20. The lowest BCUT2D eigenvalue weighted by molar-refractivity contribution is -0.160. The molecule has 1 aromatic rings. The van der Waals surface area contributed by atoms with Gasteiger partial charge < -0.3 is 9.26 Å². The van der Waals surface area contributed by atoms with Crippen molar-refractivity contribution in [3.05, 3.63) is 11.7 Å². The lowest BCUT2D eigenvalue weighted by Crippen LogP contribution is -2.40. The van der Waals surface area contributed by atoms with Crippen LogP contribution in [0, 0.1) is 0 Å². The molecule has 1 aliphatic rings. The number of carbonyl (C=O) groups excluding carboxylic acids is 1. The van der Waals surface area contributed by atoms with E-state index in [0.29, 0.717) is 18.3 Å². The standard InChI is InChI=1S/C14H23N3O3/c1-5-12-15-11(16-20-12)9-17-8-6-7-10(17)13(18)19-14(2,3)4/h10H,5-9H2,1-4H3/t10-/m0/s1. The van der Waals surface area contributed by atoms with Crippen LogP contribution < -0.4 is 0 Å². The van der Waals surface area contributed by atoms with E-state index in [9.17, 15) is 4.79 Å². The van der Waals surface area contributed by atoms with E-state index in [2.05, 4.69) is 15.0 Å². The Labute approximate surface area is 119 Å². The molecule has 2 rings (SSSR count). The molecule has 6 heteroatoms. The molecule has 0 unspecified atom stereocenters. The highest BCUT2D eigenvalue weighted by Crippen LogP contribution is 2.22. The molecule has 2 heterocycles. The van der Waals surface area contributed by atoms with Crippen molar-refractivity contribution in [3.8, 4) is 0 Å². The SMILES string of the molecule is CCc1nc(CN2CCC[C@H]2C(=O)OC(C)(C)C)no1. The first-order valence-electron chi connectivity index (χ1n) is 7.17. The summed E-state index contributed by atoms with van der Waals surface area (Å²) in [4.78, 5) is 18.6. The molecule has 0 amide bonds. The molecule has 1 aromatic heterocycles. The molecule has 0 saturated carbocycles. The third kappa shape index (κ3) is 3.79. The van der Waals surface area contributed by atoms with Gasteiger partial charge in [-0.05, 0) is 40.2 Å². The van der Waals surface area contributed by atoms with Crippen molar-refractivity contribution in [1.29, 1.82) is 0 Å². The Bertz CT molecular complexity index is 464. The number of aromatic nitrogens is 2. The largest absolute Gasteiger partial charge is 0.459 e. The van der Waals surface area contributed by atoms with Crippen molar-refractivity contribution in [2.75, 3.05) is 6.54 Å². The minimum atomic E-state index is -0.452. The maximum Gasteiger partial charge on any atom is 0.323 e. The maximum absolute atomic E-state index is 12.2. The van der Waals surface area contributed by atoms with Gasteiger partial charge in [-0.1, -0.05) is 12.1 Å². The second-order valence-corrected chi connectivity index (χ2v) is 6.12. The first-order chi connectivity index (χ1) is 9.39. The van der Waals surface area contributed by atoms with Crippen LogP contribution in [0.4, 0.5) is 0 Å². The minimum absolute atomic E-state index is 0.158. The van der Waals surface area contributed by atoms with Gasteiger partial charge in [0, 0.05) is 6.42 Å². The predicted molar refractivity (Wildman–Crippen MR) is 73.0 cm³/mol. The van der Waals surface area contributed by atoms with E-state index >= 15 is 0 Å². The Morgan fingerprint density at radius 2 is 2.25 bits per heavy atom. The molecule has 0 N–H and O–H groups in total. The summed E-state index contributed by atoms with van der Waals surface area (Å²) in [5.74, 6) is 1.11. The summed E-state index contributed by atoms with van der Waals surface area (Å²) in [6.07, 6.45) is 2.54. The lowest BCUT2D eigenvalue weighted by atomic mass is 10.1. The molecule has 1 atom stereocenters. The fraction of sp³-hybridized carbons (Fsp3) is 0.786. The fourth-order valence-electron chi connectivity index (χ4n) is 2.33. The number of carbonyl (C=O) groups is 1. The van der Waals surface area contributed by atoms with Gasteiger partial charge in [0.1, 0.15) is 11.6 Å². The molecule has 0 spiro atoms. The van der Waals surface area contributed by atoms with Crippen LogP contribution in [0.5, 0.6) is 0 Å². The number of nitrogens with zero attached hydrogens (tertiary/aromatic N) is 3. The molecule has 0 radical (unpaired) electrons. The van der Waals surface area contributed by atoms with Crippen molar-refractivity contribution in [2.24, 2.45) is 0 Å². The Morgan fingerprint density at radius 1 is 1.50 bits per heavy atom. The summed E-state index contributed by atoms with van der Waals surface area (Å²) in [6, 6.07) is -0.196. The third-order valence-electron chi connectivity index (χ3n) is 3.20. The fourth-order valence-corrected chi connectivity index (χ4v) is 2.33. The topological polar surface area (TPSA) is 68.5 Å². The van der Waals surface area contributed by atoms with Crippen molar-refractivity contribution in [1.82, 2.24) is 15.0 Å². The molecular formula is C14H23N3O3. The summed E-state index contributed by atoms with van der Waals surface area (Å²) in [5, 5.41) is 3.94. The van der Waals surface area contributed by atoms with Gasteiger partial charge in [0.05, 0.1) is 6.54 Å². The smallest absolute Gasteiger partial charge is 0.323 e. The molecular weight excluding hydrogens is 258 g/mol. The predicted octanol–water partition coefficient (Wildman–Crippen LogP) is 1.94. The Kier molecular flexibility index (Phi) is 4.42. The molecule has 112 valence electrons. The Balaban J connectivity index is 1.98. The van der Waals surface area contributed by atoms with Gasteiger partial charge in [-0.2, -0.15) is 4.98 Å². The zero-order valence-corrected chi connectivity index (χ0v) is 12.7. The Hall–Kier alpha value is -1.43. The summed E-state index contributed by atoms with van der Waals surface area (Å²) in [6.45, 7) is 9.02. The lowest BCUT2D eigenvalue weighted by Gasteiger charge is -2.26. The van der Waals surface area contributed by atoms with Crippen LogP contribution >= 0.6 is 0 Å². The zero-order chi connectivity index (χ0) is 14.8. The van der Waals surface area contributed by atoms with Crippen molar-refractivity contribution in [2.45, 2.75) is 65.1 Å². The van der Waals surface area contributed by atoms with Crippen LogP contribution in [0.15, 0.2) is 4.52 Å². The number of hydrogen-bond donors (Lipinski definition) is 0. The normalized spacial score (nSPS) is 20.3. The van der Waals surface area contributed by atoms with Crippen LogP contribution in [0.1, 0.15) is 52.3 Å². The highest BCUT2D eigenvalue weighted by Gasteiger charge is 2.34. The van der Waals surface area contributed by atoms with Gasteiger partial charge in [0.15, 0.2) is 5.82 Å². The average Bonchev–Trinajstić information content (AvgIpc) is 2.96. The van der Waals surface area contributed by atoms with Gasteiger partial charge in [0.25, 0.3) is 0 Å². The van der Waals surface area contributed by atoms with Gasteiger partial charge in [-0.15, -0.1) is 0 Å². The number of rotatable bonds is 4. The van der Waals surface area contributed by atoms with Crippen molar-refractivity contribution < 1.29 is 14.1 Å². The molecule has 1 fully saturated rings. The molecule has 1 saturated heterocycles. The quantitative estimate of drug-likeness (QED) is 0.786. The van der Waals surface area contributed by atoms with E-state index in [1.807, 2.05) is 27.7 Å². The number of esters is 1. The van der Waals surface area contributed by atoms with Crippen LogP contribution in [0.3, 0.4) is 0 Å². The summed E-state index contributed by atoms with van der Waals surface area (Å²) in [7, 11) is 0. The molecule has 20 heavy (non-hydrogen) atoms.